The molecule has 0 heterocycles. The summed E-state index contributed by atoms with van der Waals surface area (Å²) in [4.78, 5) is 49.1. The van der Waals surface area contributed by atoms with Gasteiger partial charge in [0.25, 0.3) is 0 Å². The number of hydrogen-bond acceptors (Lipinski definition) is 7. The van der Waals surface area contributed by atoms with Crippen molar-refractivity contribution < 1.29 is 23.9 Å². The van der Waals surface area contributed by atoms with Crippen molar-refractivity contribution in [3.63, 3.8) is 0 Å². The van der Waals surface area contributed by atoms with Crippen LogP contribution >= 0.6 is 11.8 Å². The summed E-state index contributed by atoms with van der Waals surface area (Å²) in [5.74, 6) is -1.72. The first-order chi connectivity index (χ1) is 14.6. The van der Waals surface area contributed by atoms with Crippen LogP contribution in [0.1, 0.15) is 39.2 Å². The summed E-state index contributed by atoms with van der Waals surface area (Å²) in [7, 11) is 0. The first-order valence-corrected chi connectivity index (χ1v) is 11.6. The summed E-state index contributed by atoms with van der Waals surface area (Å²) < 4.78 is 4.71. The highest BCUT2D eigenvalue weighted by Gasteiger charge is 2.30. The lowest BCUT2D eigenvalue weighted by atomic mass is 10.0. The molecular weight excluding hydrogens is 418 g/mol. The second-order valence-electron chi connectivity index (χ2n) is 7.74. The number of amides is 2. The van der Waals surface area contributed by atoms with E-state index in [0.29, 0.717) is 12.8 Å². The fraction of sp³-hybridized carbons (Fsp3) is 0.545. The number of carbonyl (C=O) groups is 4. The summed E-state index contributed by atoms with van der Waals surface area (Å²) in [6, 6.07) is 6.39. The molecule has 0 unspecified atom stereocenters. The van der Waals surface area contributed by atoms with Crippen molar-refractivity contribution >= 4 is 35.5 Å². The zero-order valence-corrected chi connectivity index (χ0v) is 19.4. The Balaban J connectivity index is 2.95. The van der Waals surface area contributed by atoms with Crippen LogP contribution in [0.25, 0.3) is 0 Å². The lowest BCUT2D eigenvalue weighted by Crippen LogP contribution is -2.55. The molecule has 9 heteroatoms. The molecule has 8 nitrogen and oxygen atoms in total. The van der Waals surface area contributed by atoms with Crippen LogP contribution in [0.5, 0.6) is 0 Å². The maximum atomic E-state index is 13.0. The number of thioether (sulfide) groups is 1. The minimum Gasteiger partial charge on any atom is -0.392 e. The topological polar surface area (TPSA) is 128 Å². The minimum absolute atomic E-state index is 0.107. The second kappa shape index (κ2) is 13.8. The molecule has 1 aromatic rings. The third-order valence-corrected chi connectivity index (χ3v) is 5.08. The first kappa shape index (κ1) is 26.6. The first-order valence-electron chi connectivity index (χ1n) is 10.3. The number of carbonyl (C=O) groups excluding carboxylic acids is 4. The normalized spacial score (nSPS) is 13.7. The van der Waals surface area contributed by atoms with E-state index >= 15 is 0 Å². The van der Waals surface area contributed by atoms with Gasteiger partial charge in [0, 0.05) is 13.3 Å². The Morgan fingerprint density at radius 2 is 1.65 bits per heavy atom. The van der Waals surface area contributed by atoms with Crippen LogP contribution in [0.2, 0.25) is 0 Å². The van der Waals surface area contributed by atoms with Crippen LogP contribution in [0.4, 0.5) is 0 Å². The standard InChI is InChI=1S/C22H33N3O5S/c1-14(2)12-18(24-20(27)17(23)10-11-31-4)21(28)25-19(22(29)30-15(3)26)13-16-8-6-5-7-9-16/h5-9,14,17-19H,10-13,23H2,1-4H3,(H,24,27)(H,25,28)/t17-,18-,19-/m0/s1. The van der Waals surface area contributed by atoms with Crippen molar-refractivity contribution in [3.05, 3.63) is 35.9 Å². The van der Waals surface area contributed by atoms with Gasteiger partial charge in [0.2, 0.25) is 11.8 Å². The predicted octanol–water partition coefficient (Wildman–Crippen LogP) is 1.41. The largest absolute Gasteiger partial charge is 0.392 e. The molecule has 0 fully saturated rings. The van der Waals surface area contributed by atoms with E-state index in [0.717, 1.165) is 18.2 Å². The van der Waals surface area contributed by atoms with Crippen LogP contribution in [-0.4, -0.2) is 53.9 Å². The Bertz CT molecular complexity index is 742. The van der Waals surface area contributed by atoms with E-state index < -0.39 is 41.9 Å². The average molecular weight is 452 g/mol. The van der Waals surface area contributed by atoms with Crippen LogP contribution in [-0.2, 0) is 30.3 Å². The molecule has 0 aliphatic heterocycles. The van der Waals surface area contributed by atoms with Crippen LogP contribution in [0, 0.1) is 5.92 Å². The monoisotopic (exact) mass is 451 g/mol. The average Bonchev–Trinajstić information content (AvgIpc) is 2.70. The Kier molecular flexibility index (Phi) is 11.9. The van der Waals surface area contributed by atoms with E-state index in [-0.39, 0.29) is 12.3 Å². The number of benzene rings is 1. The van der Waals surface area contributed by atoms with Gasteiger partial charge in [0.05, 0.1) is 6.04 Å². The molecule has 3 atom stereocenters. The quantitative estimate of drug-likeness (QED) is 0.324. The van der Waals surface area contributed by atoms with Crippen LogP contribution in [0.3, 0.4) is 0 Å². The van der Waals surface area contributed by atoms with Crippen LogP contribution < -0.4 is 16.4 Å². The summed E-state index contributed by atoms with van der Waals surface area (Å²) in [5.41, 5.74) is 6.71. The maximum absolute atomic E-state index is 13.0. The molecule has 0 saturated heterocycles. The van der Waals surface area contributed by atoms with Gasteiger partial charge in [-0.1, -0.05) is 44.2 Å². The minimum atomic E-state index is -1.07. The molecular formula is C22H33N3O5S. The van der Waals surface area contributed by atoms with E-state index in [2.05, 4.69) is 10.6 Å². The van der Waals surface area contributed by atoms with Gasteiger partial charge >= 0.3 is 11.9 Å². The number of nitrogens with two attached hydrogens (primary N) is 1. The smallest absolute Gasteiger partial charge is 0.336 e. The van der Waals surface area contributed by atoms with Crippen molar-refractivity contribution in [2.75, 3.05) is 12.0 Å². The van der Waals surface area contributed by atoms with Gasteiger partial charge in [0.1, 0.15) is 12.1 Å². The highest BCUT2D eigenvalue weighted by atomic mass is 32.2. The van der Waals surface area contributed by atoms with Gasteiger partial charge in [-0.15, -0.1) is 0 Å². The zero-order chi connectivity index (χ0) is 23.4. The summed E-state index contributed by atoms with van der Waals surface area (Å²) in [5, 5.41) is 5.34. The van der Waals surface area contributed by atoms with Crippen molar-refractivity contribution in [1.29, 1.82) is 0 Å². The van der Waals surface area contributed by atoms with Crippen molar-refractivity contribution in [2.45, 2.75) is 58.2 Å². The van der Waals surface area contributed by atoms with Crippen molar-refractivity contribution in [2.24, 2.45) is 11.7 Å². The fourth-order valence-corrected chi connectivity index (χ4v) is 3.38. The molecule has 0 saturated carbocycles. The number of hydrogen-bond donors (Lipinski definition) is 3. The second-order valence-corrected chi connectivity index (χ2v) is 8.73. The number of esters is 2. The molecule has 172 valence electrons. The van der Waals surface area contributed by atoms with E-state index in [1.807, 2.05) is 38.3 Å². The van der Waals surface area contributed by atoms with E-state index in [1.165, 1.54) is 0 Å². The predicted molar refractivity (Wildman–Crippen MR) is 121 cm³/mol. The highest BCUT2D eigenvalue weighted by molar-refractivity contribution is 7.98. The Morgan fingerprint density at radius 3 is 2.19 bits per heavy atom. The molecule has 0 aliphatic rings. The third-order valence-electron chi connectivity index (χ3n) is 4.44. The Hall–Kier alpha value is -2.39. The van der Waals surface area contributed by atoms with E-state index in [9.17, 15) is 19.2 Å². The van der Waals surface area contributed by atoms with Gasteiger partial charge < -0.3 is 21.1 Å². The summed E-state index contributed by atoms with van der Waals surface area (Å²) >= 11 is 1.58. The van der Waals surface area contributed by atoms with Gasteiger partial charge in [-0.05, 0) is 36.3 Å². The Morgan fingerprint density at radius 1 is 1.03 bits per heavy atom. The van der Waals surface area contributed by atoms with E-state index in [4.69, 9.17) is 10.5 Å². The molecule has 0 spiro atoms. The van der Waals surface area contributed by atoms with Gasteiger partial charge in [-0.3, -0.25) is 14.4 Å². The van der Waals surface area contributed by atoms with Crippen molar-refractivity contribution in [1.82, 2.24) is 10.6 Å². The summed E-state index contributed by atoms with van der Waals surface area (Å²) in [6.45, 7) is 4.97. The SMILES string of the molecule is CSCC[C@H](N)C(=O)N[C@@H](CC(C)C)C(=O)N[C@@H](Cc1ccccc1)C(=O)OC(C)=O. The molecule has 1 rings (SSSR count). The maximum Gasteiger partial charge on any atom is 0.336 e. The molecule has 0 radical (unpaired) electrons. The molecule has 2 amide bonds. The fourth-order valence-electron chi connectivity index (χ4n) is 2.89. The molecule has 0 aliphatic carbocycles. The molecule has 0 bridgehead atoms. The number of nitrogens with one attached hydrogen (secondary N) is 2. The molecule has 4 N–H and O–H groups in total. The number of ether oxygens (including phenoxy) is 1. The highest BCUT2D eigenvalue weighted by Crippen LogP contribution is 2.09. The van der Waals surface area contributed by atoms with Gasteiger partial charge in [0.15, 0.2) is 0 Å². The molecule has 31 heavy (non-hydrogen) atoms. The van der Waals surface area contributed by atoms with E-state index in [1.54, 1.807) is 23.9 Å². The lowest BCUT2D eigenvalue weighted by molar-refractivity contribution is -0.160. The Labute approximate surface area is 188 Å². The lowest BCUT2D eigenvalue weighted by Gasteiger charge is -2.24. The molecule has 0 aromatic heterocycles. The van der Waals surface area contributed by atoms with Crippen LogP contribution in [0.15, 0.2) is 30.3 Å². The molecule has 1 aromatic carbocycles. The van der Waals surface area contributed by atoms with Gasteiger partial charge in [-0.2, -0.15) is 11.8 Å². The zero-order valence-electron chi connectivity index (χ0n) is 18.6. The number of rotatable bonds is 12. The van der Waals surface area contributed by atoms with Crippen molar-refractivity contribution in [3.8, 4) is 0 Å². The third kappa shape index (κ3) is 10.5. The van der Waals surface area contributed by atoms with Gasteiger partial charge in [-0.25, -0.2) is 4.79 Å². The summed E-state index contributed by atoms with van der Waals surface area (Å²) in [6.07, 6.45) is 2.93.